The van der Waals surface area contributed by atoms with Crippen LogP contribution in [0.25, 0.3) is 0 Å². The predicted molar refractivity (Wildman–Crippen MR) is 85.8 cm³/mol. The number of halogens is 1. The van der Waals surface area contributed by atoms with Crippen molar-refractivity contribution < 1.29 is 0 Å². The van der Waals surface area contributed by atoms with Crippen LogP contribution in [0.15, 0.2) is 24.3 Å². The van der Waals surface area contributed by atoms with E-state index in [4.69, 9.17) is 11.6 Å². The molecule has 0 spiro atoms. The molecule has 0 aliphatic heterocycles. The Kier molecular flexibility index (Phi) is 8.16. The second kappa shape index (κ2) is 9.39. The summed E-state index contributed by atoms with van der Waals surface area (Å²) in [6.45, 7) is 7.91. The van der Waals surface area contributed by atoms with E-state index in [2.05, 4.69) is 38.2 Å². The Balaban J connectivity index is 2.07. The third-order valence-corrected chi connectivity index (χ3v) is 3.78. The molecule has 0 amide bonds. The van der Waals surface area contributed by atoms with Gasteiger partial charge in [-0.05, 0) is 43.5 Å². The van der Waals surface area contributed by atoms with E-state index in [9.17, 15) is 0 Å². The highest BCUT2D eigenvalue weighted by Crippen LogP contribution is 2.16. The second-order valence-electron chi connectivity index (χ2n) is 5.82. The SMILES string of the molecule is CC(C)CCCCCCNC(C)c1ccc(Cl)cc1. The number of rotatable bonds is 9. The van der Waals surface area contributed by atoms with Gasteiger partial charge in [0.05, 0.1) is 0 Å². The smallest absolute Gasteiger partial charge is 0.0406 e. The van der Waals surface area contributed by atoms with Gasteiger partial charge in [-0.3, -0.25) is 0 Å². The molecule has 0 radical (unpaired) electrons. The molecule has 1 aromatic rings. The number of hydrogen-bond donors (Lipinski definition) is 1. The lowest BCUT2D eigenvalue weighted by atomic mass is 10.0. The lowest BCUT2D eigenvalue weighted by molar-refractivity contribution is 0.498. The van der Waals surface area contributed by atoms with Crippen molar-refractivity contribution in [2.45, 2.75) is 58.9 Å². The summed E-state index contributed by atoms with van der Waals surface area (Å²) in [6.07, 6.45) is 6.73. The zero-order valence-electron chi connectivity index (χ0n) is 12.6. The predicted octanol–water partition coefficient (Wildman–Crippen LogP) is 5.60. The van der Waals surface area contributed by atoms with Gasteiger partial charge in [0.2, 0.25) is 0 Å². The van der Waals surface area contributed by atoms with Crippen LogP contribution < -0.4 is 5.32 Å². The van der Waals surface area contributed by atoms with Gasteiger partial charge in [-0.1, -0.05) is 63.3 Å². The van der Waals surface area contributed by atoms with Gasteiger partial charge in [0.25, 0.3) is 0 Å². The highest BCUT2D eigenvalue weighted by atomic mass is 35.5. The lowest BCUT2D eigenvalue weighted by Gasteiger charge is -2.14. The molecule has 108 valence electrons. The van der Waals surface area contributed by atoms with Gasteiger partial charge in [-0.2, -0.15) is 0 Å². The topological polar surface area (TPSA) is 12.0 Å². The van der Waals surface area contributed by atoms with Crippen LogP contribution in [0.3, 0.4) is 0 Å². The minimum absolute atomic E-state index is 0.410. The van der Waals surface area contributed by atoms with Gasteiger partial charge in [0.15, 0.2) is 0 Å². The van der Waals surface area contributed by atoms with Crippen molar-refractivity contribution in [2.24, 2.45) is 5.92 Å². The molecule has 0 aliphatic carbocycles. The van der Waals surface area contributed by atoms with E-state index in [0.717, 1.165) is 17.5 Å². The summed E-state index contributed by atoms with van der Waals surface area (Å²) in [6, 6.07) is 8.53. The first-order chi connectivity index (χ1) is 9.09. The summed E-state index contributed by atoms with van der Waals surface area (Å²) in [7, 11) is 0. The number of hydrogen-bond acceptors (Lipinski definition) is 1. The fourth-order valence-electron chi connectivity index (χ4n) is 2.22. The molecule has 19 heavy (non-hydrogen) atoms. The maximum Gasteiger partial charge on any atom is 0.0406 e. The van der Waals surface area contributed by atoms with Crippen molar-refractivity contribution in [3.05, 3.63) is 34.9 Å². The molecule has 0 saturated heterocycles. The summed E-state index contributed by atoms with van der Waals surface area (Å²) < 4.78 is 0. The van der Waals surface area contributed by atoms with Gasteiger partial charge in [0, 0.05) is 11.1 Å². The van der Waals surface area contributed by atoms with Crippen molar-refractivity contribution in [1.29, 1.82) is 0 Å². The Hall–Kier alpha value is -0.530. The summed E-state index contributed by atoms with van der Waals surface area (Å²) in [4.78, 5) is 0. The van der Waals surface area contributed by atoms with E-state index < -0.39 is 0 Å². The molecule has 1 rings (SSSR count). The van der Waals surface area contributed by atoms with Gasteiger partial charge in [-0.15, -0.1) is 0 Å². The largest absolute Gasteiger partial charge is 0.310 e. The van der Waals surface area contributed by atoms with E-state index in [-0.39, 0.29) is 0 Å². The van der Waals surface area contributed by atoms with Crippen LogP contribution >= 0.6 is 11.6 Å². The van der Waals surface area contributed by atoms with Crippen molar-refractivity contribution in [2.75, 3.05) is 6.54 Å². The van der Waals surface area contributed by atoms with Crippen molar-refractivity contribution in [3.8, 4) is 0 Å². The summed E-state index contributed by atoms with van der Waals surface area (Å²) in [5.74, 6) is 0.850. The van der Waals surface area contributed by atoms with Gasteiger partial charge in [-0.25, -0.2) is 0 Å². The minimum Gasteiger partial charge on any atom is -0.310 e. The lowest BCUT2D eigenvalue weighted by Crippen LogP contribution is -2.19. The Morgan fingerprint density at radius 1 is 0.947 bits per heavy atom. The normalized spacial score (nSPS) is 12.9. The highest BCUT2D eigenvalue weighted by molar-refractivity contribution is 6.30. The fraction of sp³-hybridized carbons (Fsp3) is 0.647. The van der Waals surface area contributed by atoms with E-state index in [1.54, 1.807) is 0 Å². The Bertz CT molecular complexity index is 332. The minimum atomic E-state index is 0.410. The zero-order valence-corrected chi connectivity index (χ0v) is 13.3. The number of unbranched alkanes of at least 4 members (excludes halogenated alkanes) is 3. The quantitative estimate of drug-likeness (QED) is 0.581. The van der Waals surface area contributed by atoms with Crippen molar-refractivity contribution in [1.82, 2.24) is 5.32 Å². The average Bonchev–Trinajstić information content (AvgIpc) is 2.38. The van der Waals surface area contributed by atoms with Crippen LogP contribution in [0.4, 0.5) is 0 Å². The van der Waals surface area contributed by atoms with Crippen LogP contribution in [0.1, 0.15) is 64.5 Å². The van der Waals surface area contributed by atoms with Crippen LogP contribution in [-0.4, -0.2) is 6.54 Å². The summed E-state index contributed by atoms with van der Waals surface area (Å²) in [5, 5.41) is 4.38. The zero-order chi connectivity index (χ0) is 14.1. The first-order valence-electron chi connectivity index (χ1n) is 7.58. The molecular formula is C17H28ClN. The summed E-state index contributed by atoms with van der Waals surface area (Å²) in [5.41, 5.74) is 1.31. The molecule has 1 aromatic carbocycles. The molecule has 0 bridgehead atoms. The molecule has 0 saturated carbocycles. The molecule has 0 aliphatic rings. The second-order valence-corrected chi connectivity index (χ2v) is 6.26. The average molecular weight is 282 g/mol. The van der Waals surface area contributed by atoms with Gasteiger partial charge in [0.1, 0.15) is 0 Å². The maximum atomic E-state index is 5.89. The Morgan fingerprint density at radius 2 is 1.58 bits per heavy atom. The highest BCUT2D eigenvalue weighted by Gasteiger charge is 2.03. The fourth-order valence-corrected chi connectivity index (χ4v) is 2.35. The summed E-state index contributed by atoms with van der Waals surface area (Å²) >= 11 is 5.89. The standard InChI is InChI=1S/C17H28ClN/c1-14(2)8-6-4-5-7-13-19-15(3)16-9-11-17(18)12-10-16/h9-12,14-15,19H,4-8,13H2,1-3H3. The van der Waals surface area contributed by atoms with E-state index >= 15 is 0 Å². The molecule has 0 heterocycles. The monoisotopic (exact) mass is 281 g/mol. The van der Waals surface area contributed by atoms with Crippen LogP contribution in [0, 0.1) is 5.92 Å². The van der Waals surface area contributed by atoms with Crippen molar-refractivity contribution >= 4 is 11.6 Å². The van der Waals surface area contributed by atoms with Gasteiger partial charge < -0.3 is 5.32 Å². The van der Waals surface area contributed by atoms with Gasteiger partial charge >= 0.3 is 0 Å². The maximum absolute atomic E-state index is 5.89. The van der Waals surface area contributed by atoms with Crippen LogP contribution in [0.2, 0.25) is 5.02 Å². The first-order valence-corrected chi connectivity index (χ1v) is 7.96. The molecule has 2 heteroatoms. The molecule has 1 atom stereocenters. The molecule has 1 nitrogen and oxygen atoms in total. The molecule has 0 fully saturated rings. The van der Waals surface area contributed by atoms with Crippen LogP contribution in [0.5, 0.6) is 0 Å². The third-order valence-electron chi connectivity index (χ3n) is 3.53. The number of benzene rings is 1. The first kappa shape index (κ1) is 16.5. The third kappa shape index (κ3) is 7.59. The van der Waals surface area contributed by atoms with E-state index in [1.165, 1.54) is 37.7 Å². The molecule has 1 N–H and O–H groups in total. The van der Waals surface area contributed by atoms with Crippen molar-refractivity contribution in [3.63, 3.8) is 0 Å². The van der Waals surface area contributed by atoms with E-state index in [1.807, 2.05) is 12.1 Å². The Morgan fingerprint density at radius 3 is 2.21 bits per heavy atom. The molecular weight excluding hydrogens is 254 g/mol. The van der Waals surface area contributed by atoms with E-state index in [0.29, 0.717) is 6.04 Å². The molecule has 1 unspecified atom stereocenters. The molecule has 0 aromatic heterocycles. The number of nitrogens with one attached hydrogen (secondary N) is 1. The Labute approximate surface area is 123 Å². The van der Waals surface area contributed by atoms with Crippen LogP contribution in [-0.2, 0) is 0 Å².